The van der Waals surface area contributed by atoms with Crippen molar-refractivity contribution < 1.29 is 19.8 Å². The minimum absolute atomic E-state index is 0.0124. The van der Waals surface area contributed by atoms with Gasteiger partial charge in [0.15, 0.2) is 0 Å². The molecule has 1 amide bonds. The van der Waals surface area contributed by atoms with Gasteiger partial charge in [0.05, 0.1) is 6.61 Å². The highest BCUT2D eigenvalue weighted by atomic mass is 32.2. The summed E-state index contributed by atoms with van der Waals surface area (Å²) in [7, 11) is 0. The number of nitrogens with one attached hydrogen (secondary N) is 2. The van der Waals surface area contributed by atoms with Crippen molar-refractivity contribution in [3.05, 3.63) is 125 Å². The lowest BCUT2D eigenvalue weighted by Crippen LogP contribution is -2.41. The van der Waals surface area contributed by atoms with Gasteiger partial charge in [-0.1, -0.05) is 84.9 Å². The number of rotatable bonds is 15. The second-order valence-electron chi connectivity index (χ2n) is 11.1. The SMILES string of the molecule is CSCC[C@H](NC(=O)c1ccc(NCC(CO)(Cc2ccccc2)Cc2ccccc2)cc1-c1ccccc1C)C(=O)O. The summed E-state index contributed by atoms with van der Waals surface area (Å²) in [5, 5.41) is 26.8. The van der Waals surface area contributed by atoms with Crippen molar-refractivity contribution in [1.29, 1.82) is 0 Å². The number of carboxylic acids is 1. The fourth-order valence-electron chi connectivity index (χ4n) is 5.38. The van der Waals surface area contributed by atoms with Gasteiger partial charge in [-0.15, -0.1) is 0 Å². The molecule has 7 heteroatoms. The number of aliphatic hydroxyl groups is 1. The summed E-state index contributed by atoms with van der Waals surface area (Å²) < 4.78 is 0. The van der Waals surface area contributed by atoms with E-state index < -0.39 is 23.3 Å². The standard InChI is InChI=1S/C36H40N2O4S/c1-26-11-9-10-16-30(26)32-21-29(17-18-31(32)34(40)38-33(35(41)42)19-20-43-2)37-24-36(25-39,22-27-12-5-3-6-13-27)23-28-14-7-4-8-15-28/h3-18,21,33,37,39H,19-20,22-25H2,1-2H3,(H,38,40)(H,41,42)/t33-/m0/s1. The van der Waals surface area contributed by atoms with Crippen molar-refractivity contribution in [3.63, 3.8) is 0 Å². The maximum Gasteiger partial charge on any atom is 0.326 e. The summed E-state index contributed by atoms with van der Waals surface area (Å²) in [5.74, 6) is -0.838. The summed E-state index contributed by atoms with van der Waals surface area (Å²) >= 11 is 1.54. The van der Waals surface area contributed by atoms with E-state index >= 15 is 0 Å². The highest BCUT2D eigenvalue weighted by molar-refractivity contribution is 7.98. The van der Waals surface area contributed by atoms with Crippen LogP contribution in [-0.2, 0) is 17.6 Å². The zero-order chi connectivity index (χ0) is 30.7. The molecular weight excluding hydrogens is 556 g/mol. The van der Waals surface area contributed by atoms with Crippen LogP contribution in [0.2, 0.25) is 0 Å². The number of amides is 1. The molecule has 4 aromatic carbocycles. The second-order valence-corrected chi connectivity index (χ2v) is 12.0. The molecule has 43 heavy (non-hydrogen) atoms. The Hall–Kier alpha value is -4.07. The highest BCUT2D eigenvalue weighted by Gasteiger charge is 2.31. The number of aliphatic hydroxyl groups excluding tert-OH is 1. The van der Waals surface area contributed by atoms with Crippen LogP contribution in [0.4, 0.5) is 5.69 Å². The molecule has 4 rings (SSSR count). The third kappa shape index (κ3) is 8.72. The molecule has 0 heterocycles. The van der Waals surface area contributed by atoms with Crippen molar-refractivity contribution in [1.82, 2.24) is 5.32 Å². The molecule has 0 radical (unpaired) electrons. The first-order chi connectivity index (χ1) is 20.8. The number of aryl methyl sites for hydroxylation is 1. The topological polar surface area (TPSA) is 98.7 Å². The van der Waals surface area contributed by atoms with Gasteiger partial charge in [0.25, 0.3) is 5.91 Å². The van der Waals surface area contributed by atoms with E-state index in [1.807, 2.05) is 86.0 Å². The van der Waals surface area contributed by atoms with E-state index in [4.69, 9.17) is 0 Å². The molecule has 0 saturated carbocycles. The maximum absolute atomic E-state index is 13.5. The van der Waals surface area contributed by atoms with Gasteiger partial charge in [0, 0.05) is 23.2 Å². The van der Waals surface area contributed by atoms with E-state index in [1.54, 1.807) is 17.8 Å². The number of aliphatic carboxylic acids is 1. The minimum Gasteiger partial charge on any atom is -0.480 e. The Morgan fingerprint density at radius 1 is 0.837 bits per heavy atom. The number of hydrogen-bond acceptors (Lipinski definition) is 5. The van der Waals surface area contributed by atoms with Crippen LogP contribution in [0.1, 0.15) is 33.5 Å². The Morgan fingerprint density at radius 3 is 2.00 bits per heavy atom. The molecule has 0 fully saturated rings. The summed E-state index contributed by atoms with van der Waals surface area (Å²) in [6.07, 6.45) is 3.62. The number of carboxylic acid groups (broad SMARTS) is 1. The van der Waals surface area contributed by atoms with Crippen LogP contribution in [0.25, 0.3) is 11.1 Å². The molecule has 224 valence electrons. The fourth-order valence-corrected chi connectivity index (χ4v) is 5.85. The van der Waals surface area contributed by atoms with E-state index in [0.717, 1.165) is 33.5 Å². The van der Waals surface area contributed by atoms with E-state index in [0.29, 0.717) is 37.1 Å². The minimum atomic E-state index is -1.05. The monoisotopic (exact) mass is 596 g/mol. The predicted molar refractivity (Wildman–Crippen MR) is 177 cm³/mol. The molecule has 0 bridgehead atoms. The van der Waals surface area contributed by atoms with Crippen molar-refractivity contribution in [2.24, 2.45) is 5.41 Å². The van der Waals surface area contributed by atoms with Crippen LogP contribution in [0.15, 0.2) is 103 Å². The maximum atomic E-state index is 13.5. The molecule has 0 unspecified atom stereocenters. The van der Waals surface area contributed by atoms with E-state index in [9.17, 15) is 19.8 Å². The smallest absolute Gasteiger partial charge is 0.326 e. The van der Waals surface area contributed by atoms with Gasteiger partial charge in [-0.25, -0.2) is 4.79 Å². The van der Waals surface area contributed by atoms with Gasteiger partial charge in [0.1, 0.15) is 6.04 Å². The lowest BCUT2D eigenvalue weighted by molar-refractivity contribution is -0.139. The Labute approximate surface area is 258 Å². The van der Waals surface area contributed by atoms with Crippen LogP contribution in [0.5, 0.6) is 0 Å². The van der Waals surface area contributed by atoms with Crippen molar-refractivity contribution in [2.45, 2.75) is 32.2 Å². The van der Waals surface area contributed by atoms with Crippen molar-refractivity contribution >= 4 is 29.3 Å². The van der Waals surface area contributed by atoms with Gasteiger partial charge in [-0.2, -0.15) is 11.8 Å². The Morgan fingerprint density at radius 2 is 1.44 bits per heavy atom. The highest BCUT2D eigenvalue weighted by Crippen LogP contribution is 2.32. The number of carbonyl (C=O) groups excluding carboxylic acids is 1. The largest absolute Gasteiger partial charge is 0.480 e. The van der Waals surface area contributed by atoms with Crippen molar-refractivity contribution in [2.75, 3.05) is 30.5 Å². The first-order valence-electron chi connectivity index (χ1n) is 14.5. The Bertz CT molecular complexity index is 1450. The van der Waals surface area contributed by atoms with Crippen LogP contribution >= 0.6 is 11.8 Å². The summed E-state index contributed by atoms with van der Waals surface area (Å²) in [5.41, 5.74) is 5.66. The fraction of sp³-hybridized carbons (Fsp3) is 0.278. The molecule has 0 aromatic heterocycles. The molecule has 0 aliphatic rings. The van der Waals surface area contributed by atoms with Crippen LogP contribution in [-0.4, -0.2) is 53.3 Å². The van der Waals surface area contributed by atoms with E-state index in [-0.39, 0.29) is 6.61 Å². The zero-order valence-electron chi connectivity index (χ0n) is 24.8. The van der Waals surface area contributed by atoms with Gasteiger partial charge >= 0.3 is 5.97 Å². The first kappa shape index (κ1) is 31.9. The lowest BCUT2D eigenvalue weighted by atomic mass is 9.77. The Balaban J connectivity index is 1.66. The third-order valence-corrected chi connectivity index (χ3v) is 8.40. The quantitative estimate of drug-likeness (QED) is 0.126. The first-order valence-corrected chi connectivity index (χ1v) is 15.9. The molecule has 4 aromatic rings. The van der Waals surface area contributed by atoms with Gasteiger partial charge in [0.2, 0.25) is 0 Å². The van der Waals surface area contributed by atoms with Gasteiger partial charge in [-0.3, -0.25) is 4.79 Å². The Kier molecular flexibility index (Phi) is 11.4. The number of benzene rings is 4. The summed E-state index contributed by atoms with van der Waals surface area (Å²) in [6, 6.07) is 32.8. The number of hydrogen-bond donors (Lipinski definition) is 4. The van der Waals surface area contributed by atoms with E-state index in [2.05, 4.69) is 34.9 Å². The molecule has 4 N–H and O–H groups in total. The average Bonchev–Trinajstić information content (AvgIpc) is 3.02. The van der Waals surface area contributed by atoms with Crippen molar-refractivity contribution in [3.8, 4) is 11.1 Å². The average molecular weight is 597 g/mol. The number of thioether (sulfide) groups is 1. The molecule has 0 spiro atoms. The summed E-state index contributed by atoms with van der Waals surface area (Å²) in [6.45, 7) is 2.48. The molecular formula is C36H40N2O4S. The second kappa shape index (κ2) is 15.4. The molecule has 0 aliphatic heterocycles. The number of anilines is 1. The third-order valence-electron chi connectivity index (χ3n) is 7.76. The molecule has 0 aliphatic carbocycles. The van der Waals surface area contributed by atoms with Gasteiger partial charge < -0.3 is 20.8 Å². The normalized spacial score (nSPS) is 12.0. The van der Waals surface area contributed by atoms with Crippen LogP contribution in [0, 0.1) is 12.3 Å². The lowest BCUT2D eigenvalue weighted by Gasteiger charge is -2.33. The van der Waals surface area contributed by atoms with Crippen LogP contribution in [0.3, 0.4) is 0 Å². The number of carbonyl (C=O) groups is 2. The molecule has 0 saturated heterocycles. The summed E-state index contributed by atoms with van der Waals surface area (Å²) in [4.78, 5) is 25.3. The predicted octanol–water partition coefficient (Wildman–Crippen LogP) is 6.47. The van der Waals surface area contributed by atoms with Gasteiger partial charge in [-0.05, 0) is 84.2 Å². The molecule has 1 atom stereocenters. The zero-order valence-corrected chi connectivity index (χ0v) is 25.6. The van der Waals surface area contributed by atoms with Crippen LogP contribution < -0.4 is 10.6 Å². The molecule has 6 nitrogen and oxygen atoms in total. The van der Waals surface area contributed by atoms with E-state index in [1.165, 1.54) is 0 Å².